The van der Waals surface area contributed by atoms with Crippen LogP contribution in [0.1, 0.15) is 36.2 Å². The van der Waals surface area contributed by atoms with Crippen LogP contribution in [-0.2, 0) is 6.42 Å². The molecule has 0 aliphatic heterocycles. The van der Waals surface area contributed by atoms with Gasteiger partial charge in [0.25, 0.3) is 0 Å². The molecule has 0 amide bonds. The standard InChI is InChI=1S/C16H15N3S/c1-11(2)19-15-6-5-12(10-17)8-14(15)18-16(19)9-13-4-3-7-20-13/h3-8,11H,9H2,1-2H3. The van der Waals surface area contributed by atoms with Crippen molar-refractivity contribution >= 4 is 22.4 Å². The van der Waals surface area contributed by atoms with Gasteiger partial charge in [0.15, 0.2) is 0 Å². The molecule has 3 aromatic rings. The van der Waals surface area contributed by atoms with Crippen molar-refractivity contribution in [1.29, 1.82) is 5.26 Å². The maximum atomic E-state index is 9.01. The summed E-state index contributed by atoms with van der Waals surface area (Å²) < 4.78 is 2.26. The highest BCUT2D eigenvalue weighted by Crippen LogP contribution is 2.24. The van der Waals surface area contributed by atoms with Crippen molar-refractivity contribution in [3.63, 3.8) is 0 Å². The summed E-state index contributed by atoms with van der Waals surface area (Å²) in [5.74, 6) is 1.06. The van der Waals surface area contributed by atoms with E-state index in [-0.39, 0.29) is 0 Å². The average Bonchev–Trinajstić information content (AvgIpc) is 3.04. The molecular weight excluding hydrogens is 266 g/mol. The Hall–Kier alpha value is -2.12. The van der Waals surface area contributed by atoms with Crippen LogP contribution in [0.2, 0.25) is 0 Å². The Bertz CT molecular complexity index is 776. The van der Waals surface area contributed by atoms with E-state index in [1.165, 1.54) is 4.88 Å². The van der Waals surface area contributed by atoms with Gasteiger partial charge in [0.05, 0.1) is 22.7 Å². The lowest BCUT2D eigenvalue weighted by molar-refractivity contribution is 0.592. The van der Waals surface area contributed by atoms with Crippen molar-refractivity contribution in [2.45, 2.75) is 26.3 Å². The maximum Gasteiger partial charge on any atom is 0.115 e. The van der Waals surface area contributed by atoms with Crippen molar-refractivity contribution < 1.29 is 0 Å². The van der Waals surface area contributed by atoms with E-state index in [1.807, 2.05) is 18.2 Å². The molecule has 0 aliphatic rings. The molecule has 100 valence electrons. The van der Waals surface area contributed by atoms with Gasteiger partial charge in [-0.2, -0.15) is 5.26 Å². The predicted molar refractivity (Wildman–Crippen MR) is 82.0 cm³/mol. The lowest BCUT2D eigenvalue weighted by Gasteiger charge is -2.12. The first-order valence-corrected chi connectivity index (χ1v) is 7.50. The highest BCUT2D eigenvalue weighted by Gasteiger charge is 2.14. The Morgan fingerprint density at radius 2 is 2.20 bits per heavy atom. The molecule has 0 unspecified atom stereocenters. The maximum absolute atomic E-state index is 9.01. The lowest BCUT2D eigenvalue weighted by Crippen LogP contribution is -2.06. The Kier molecular flexibility index (Phi) is 3.29. The summed E-state index contributed by atoms with van der Waals surface area (Å²) in [5, 5.41) is 11.1. The van der Waals surface area contributed by atoms with Crippen LogP contribution in [0.25, 0.3) is 11.0 Å². The van der Waals surface area contributed by atoms with Crippen LogP contribution >= 0.6 is 11.3 Å². The summed E-state index contributed by atoms with van der Waals surface area (Å²) in [6.45, 7) is 4.33. The van der Waals surface area contributed by atoms with E-state index in [0.29, 0.717) is 11.6 Å². The molecule has 0 saturated heterocycles. The zero-order chi connectivity index (χ0) is 14.1. The summed E-state index contributed by atoms with van der Waals surface area (Å²) in [4.78, 5) is 6.04. The number of imidazole rings is 1. The summed E-state index contributed by atoms with van der Waals surface area (Å²) in [6.07, 6.45) is 0.840. The second kappa shape index (κ2) is 5.10. The van der Waals surface area contributed by atoms with Crippen molar-refractivity contribution in [1.82, 2.24) is 9.55 Å². The van der Waals surface area contributed by atoms with E-state index in [4.69, 9.17) is 10.2 Å². The van der Waals surface area contributed by atoms with Gasteiger partial charge < -0.3 is 4.57 Å². The number of nitrogens with zero attached hydrogens (tertiary/aromatic N) is 3. The number of fused-ring (bicyclic) bond motifs is 1. The van der Waals surface area contributed by atoms with E-state index in [1.54, 1.807) is 11.3 Å². The minimum absolute atomic E-state index is 0.350. The van der Waals surface area contributed by atoms with Gasteiger partial charge in [0.1, 0.15) is 5.82 Å². The molecule has 0 spiro atoms. The minimum Gasteiger partial charge on any atom is -0.325 e. The molecule has 1 aromatic carbocycles. The first-order chi connectivity index (χ1) is 9.69. The van der Waals surface area contributed by atoms with Gasteiger partial charge in [-0.1, -0.05) is 6.07 Å². The molecule has 3 rings (SSSR count). The van der Waals surface area contributed by atoms with Crippen molar-refractivity contribution in [3.05, 3.63) is 52.0 Å². The van der Waals surface area contributed by atoms with E-state index in [2.05, 4.69) is 42.0 Å². The van der Waals surface area contributed by atoms with Gasteiger partial charge in [-0.3, -0.25) is 0 Å². The van der Waals surface area contributed by atoms with Gasteiger partial charge in [0, 0.05) is 17.3 Å². The molecular formula is C16H15N3S. The minimum atomic E-state index is 0.350. The molecule has 4 heteroatoms. The molecule has 0 aliphatic carbocycles. The quantitative estimate of drug-likeness (QED) is 0.724. The Balaban J connectivity index is 2.15. The molecule has 20 heavy (non-hydrogen) atoms. The largest absolute Gasteiger partial charge is 0.325 e. The summed E-state index contributed by atoms with van der Waals surface area (Å²) >= 11 is 1.75. The third-order valence-electron chi connectivity index (χ3n) is 3.32. The second-order valence-corrected chi connectivity index (χ2v) is 6.10. The topological polar surface area (TPSA) is 41.6 Å². The van der Waals surface area contributed by atoms with Crippen LogP contribution in [0.3, 0.4) is 0 Å². The monoisotopic (exact) mass is 281 g/mol. The molecule has 0 N–H and O–H groups in total. The van der Waals surface area contributed by atoms with E-state index in [0.717, 1.165) is 23.3 Å². The summed E-state index contributed by atoms with van der Waals surface area (Å²) in [7, 11) is 0. The fourth-order valence-electron chi connectivity index (χ4n) is 2.49. The first kappa shape index (κ1) is 12.9. The number of thiophene rings is 1. The molecule has 0 saturated carbocycles. The number of hydrogen-bond acceptors (Lipinski definition) is 3. The van der Waals surface area contributed by atoms with E-state index >= 15 is 0 Å². The highest BCUT2D eigenvalue weighted by atomic mass is 32.1. The first-order valence-electron chi connectivity index (χ1n) is 6.62. The molecule has 3 nitrogen and oxygen atoms in total. The van der Waals surface area contributed by atoms with E-state index < -0.39 is 0 Å². The van der Waals surface area contributed by atoms with Crippen molar-refractivity contribution in [2.24, 2.45) is 0 Å². The molecule has 0 atom stereocenters. The SMILES string of the molecule is CC(C)n1c(Cc2cccs2)nc2cc(C#N)ccc21. The average molecular weight is 281 g/mol. The Morgan fingerprint density at radius 1 is 1.35 bits per heavy atom. The van der Waals surface area contributed by atoms with Crippen LogP contribution in [0.5, 0.6) is 0 Å². The van der Waals surface area contributed by atoms with Crippen LogP contribution < -0.4 is 0 Å². The van der Waals surface area contributed by atoms with Crippen LogP contribution in [0, 0.1) is 11.3 Å². The Morgan fingerprint density at radius 3 is 2.85 bits per heavy atom. The fourth-order valence-corrected chi connectivity index (χ4v) is 3.19. The fraction of sp³-hybridized carbons (Fsp3) is 0.250. The van der Waals surface area contributed by atoms with Crippen molar-refractivity contribution in [3.8, 4) is 6.07 Å². The third-order valence-corrected chi connectivity index (χ3v) is 4.20. The molecule has 0 radical (unpaired) electrons. The van der Waals surface area contributed by atoms with Gasteiger partial charge in [-0.25, -0.2) is 4.98 Å². The zero-order valence-corrected chi connectivity index (χ0v) is 12.3. The van der Waals surface area contributed by atoms with Gasteiger partial charge in [0.2, 0.25) is 0 Å². The lowest BCUT2D eigenvalue weighted by atomic mass is 10.2. The van der Waals surface area contributed by atoms with Crippen LogP contribution in [0.15, 0.2) is 35.7 Å². The normalized spacial score (nSPS) is 11.1. The molecule has 2 aromatic heterocycles. The number of benzene rings is 1. The number of hydrogen-bond donors (Lipinski definition) is 0. The van der Waals surface area contributed by atoms with Gasteiger partial charge >= 0.3 is 0 Å². The second-order valence-electron chi connectivity index (χ2n) is 5.06. The summed E-state index contributed by atoms with van der Waals surface area (Å²) in [5.41, 5.74) is 2.67. The molecule has 0 fully saturated rings. The Labute approximate surface area is 122 Å². The third kappa shape index (κ3) is 2.21. The highest BCUT2D eigenvalue weighted by molar-refractivity contribution is 7.09. The number of aromatic nitrogens is 2. The summed E-state index contributed by atoms with van der Waals surface area (Å²) in [6, 6.07) is 12.5. The molecule has 2 heterocycles. The van der Waals surface area contributed by atoms with Crippen molar-refractivity contribution in [2.75, 3.05) is 0 Å². The van der Waals surface area contributed by atoms with Gasteiger partial charge in [-0.05, 0) is 43.5 Å². The smallest absolute Gasteiger partial charge is 0.115 e. The van der Waals surface area contributed by atoms with Crippen LogP contribution in [-0.4, -0.2) is 9.55 Å². The molecule has 0 bridgehead atoms. The zero-order valence-electron chi connectivity index (χ0n) is 11.5. The predicted octanol–water partition coefficient (Wildman–Crippen LogP) is 4.14. The number of rotatable bonds is 3. The van der Waals surface area contributed by atoms with Crippen LogP contribution in [0.4, 0.5) is 0 Å². The van der Waals surface area contributed by atoms with E-state index in [9.17, 15) is 0 Å². The number of nitriles is 1. The van der Waals surface area contributed by atoms with Gasteiger partial charge in [-0.15, -0.1) is 11.3 Å².